The number of carbonyl (C=O) groups excluding carboxylic acids is 1. The van der Waals surface area contributed by atoms with Crippen LogP contribution >= 0.6 is 0 Å². The lowest BCUT2D eigenvalue weighted by Crippen LogP contribution is -2.35. The number of anilines is 2. The van der Waals surface area contributed by atoms with Gasteiger partial charge in [-0.25, -0.2) is 0 Å². The van der Waals surface area contributed by atoms with Crippen molar-refractivity contribution in [2.45, 2.75) is 25.8 Å². The second kappa shape index (κ2) is 6.85. The molecule has 3 aromatic rings. The van der Waals surface area contributed by atoms with Crippen LogP contribution in [0.25, 0.3) is 11.0 Å². The Balaban J connectivity index is 1.73. The Morgan fingerprint density at radius 3 is 3.04 bits per heavy atom. The smallest absolute Gasteiger partial charge is 0.289 e. The molecular weight excluding hydrogens is 344 g/mol. The first-order valence-corrected chi connectivity index (χ1v) is 8.83. The maximum Gasteiger partial charge on any atom is 0.289 e. The van der Waals surface area contributed by atoms with E-state index in [0.29, 0.717) is 17.0 Å². The molecule has 2 heterocycles. The van der Waals surface area contributed by atoms with Crippen LogP contribution in [0.1, 0.15) is 35.0 Å². The molecular formula is C20H20N4O3. The van der Waals surface area contributed by atoms with Gasteiger partial charge in [0.05, 0.1) is 18.5 Å². The number of hydrogen-bond acceptors (Lipinski definition) is 6. The fourth-order valence-electron chi connectivity index (χ4n) is 3.28. The number of aromatic nitrogens is 1. The molecule has 0 radical (unpaired) electrons. The number of nitrogens with zero attached hydrogens (tertiary/aromatic N) is 1. The van der Waals surface area contributed by atoms with Crippen LogP contribution in [0.5, 0.6) is 0 Å². The fraction of sp³-hybridized carbons (Fsp3) is 0.250. The van der Waals surface area contributed by atoms with Gasteiger partial charge < -0.3 is 25.6 Å². The molecule has 4 rings (SSSR count). The molecule has 1 aliphatic carbocycles. The van der Waals surface area contributed by atoms with Crippen molar-refractivity contribution in [2.75, 3.05) is 11.9 Å². The van der Waals surface area contributed by atoms with Crippen LogP contribution in [-0.2, 0) is 6.42 Å². The first-order valence-electron chi connectivity index (χ1n) is 8.83. The Morgan fingerprint density at radius 2 is 2.22 bits per heavy atom. The standard InChI is InChI=1S/C20H20N4O3/c1-11(10-25)23-20(26)19-18(15-6-7-22-9-17(15)27-19)24-13-3-4-14-12(8-13)2-5-16(14)21/h3-4,6-9,11,21,24-25H,2,5,10H2,1H3,(H,23,26)/t11-/m1/s1. The van der Waals surface area contributed by atoms with E-state index in [1.165, 1.54) is 0 Å². The Hall–Kier alpha value is -3.19. The van der Waals surface area contributed by atoms with Crippen molar-refractivity contribution < 1.29 is 14.3 Å². The summed E-state index contributed by atoms with van der Waals surface area (Å²) in [5.41, 5.74) is 4.66. The summed E-state index contributed by atoms with van der Waals surface area (Å²) in [7, 11) is 0. The number of carbonyl (C=O) groups is 1. The van der Waals surface area contributed by atoms with E-state index in [1.807, 2.05) is 18.2 Å². The molecule has 0 saturated carbocycles. The molecule has 1 atom stereocenters. The van der Waals surface area contributed by atoms with Crippen LogP contribution in [0, 0.1) is 5.41 Å². The lowest BCUT2D eigenvalue weighted by Gasteiger charge is -2.12. The van der Waals surface area contributed by atoms with Gasteiger partial charge in [-0.05, 0) is 49.1 Å². The van der Waals surface area contributed by atoms with E-state index < -0.39 is 5.91 Å². The van der Waals surface area contributed by atoms with E-state index in [2.05, 4.69) is 15.6 Å². The van der Waals surface area contributed by atoms with Crippen LogP contribution in [-0.4, -0.2) is 34.4 Å². The minimum atomic E-state index is -0.404. The minimum absolute atomic E-state index is 0.145. The van der Waals surface area contributed by atoms with Gasteiger partial charge in [0.25, 0.3) is 5.91 Å². The van der Waals surface area contributed by atoms with E-state index in [-0.39, 0.29) is 18.4 Å². The summed E-state index contributed by atoms with van der Waals surface area (Å²) >= 11 is 0. The predicted octanol–water partition coefficient (Wildman–Crippen LogP) is 3.00. The summed E-state index contributed by atoms with van der Waals surface area (Å²) < 4.78 is 5.74. The number of aliphatic hydroxyl groups is 1. The van der Waals surface area contributed by atoms with Crippen molar-refractivity contribution >= 4 is 34.0 Å². The quantitative estimate of drug-likeness (QED) is 0.556. The van der Waals surface area contributed by atoms with E-state index in [4.69, 9.17) is 9.83 Å². The predicted molar refractivity (Wildman–Crippen MR) is 103 cm³/mol. The highest BCUT2D eigenvalue weighted by Gasteiger charge is 2.23. The average Bonchev–Trinajstić information content (AvgIpc) is 3.23. The summed E-state index contributed by atoms with van der Waals surface area (Å²) in [5, 5.41) is 23.9. The van der Waals surface area contributed by atoms with Gasteiger partial charge in [-0.3, -0.25) is 9.78 Å². The zero-order valence-electron chi connectivity index (χ0n) is 14.9. The van der Waals surface area contributed by atoms with Crippen molar-refractivity contribution in [2.24, 2.45) is 0 Å². The molecule has 0 aliphatic heterocycles. The third kappa shape index (κ3) is 3.17. The molecule has 0 fully saturated rings. The zero-order chi connectivity index (χ0) is 19.0. The number of aryl methyl sites for hydroxylation is 1. The van der Waals surface area contributed by atoms with Gasteiger partial charge in [0.1, 0.15) is 0 Å². The van der Waals surface area contributed by atoms with Crippen molar-refractivity contribution in [3.05, 3.63) is 53.5 Å². The summed E-state index contributed by atoms with van der Waals surface area (Å²) in [4.78, 5) is 16.7. The van der Waals surface area contributed by atoms with Gasteiger partial charge in [-0.2, -0.15) is 0 Å². The highest BCUT2D eigenvalue weighted by atomic mass is 16.3. The van der Waals surface area contributed by atoms with Gasteiger partial charge in [0.2, 0.25) is 5.76 Å². The highest BCUT2D eigenvalue weighted by molar-refractivity contribution is 6.07. The van der Waals surface area contributed by atoms with Crippen molar-refractivity contribution in [3.8, 4) is 0 Å². The number of fused-ring (bicyclic) bond motifs is 2. The van der Waals surface area contributed by atoms with Gasteiger partial charge in [-0.15, -0.1) is 0 Å². The zero-order valence-corrected chi connectivity index (χ0v) is 14.9. The molecule has 27 heavy (non-hydrogen) atoms. The van der Waals surface area contributed by atoms with Crippen LogP contribution in [0.4, 0.5) is 11.4 Å². The highest BCUT2D eigenvalue weighted by Crippen LogP contribution is 2.34. The third-order valence-electron chi connectivity index (χ3n) is 4.69. The molecule has 2 aromatic heterocycles. The Morgan fingerprint density at radius 1 is 1.37 bits per heavy atom. The van der Waals surface area contributed by atoms with E-state index in [0.717, 1.165) is 35.0 Å². The molecule has 0 saturated heterocycles. The summed E-state index contributed by atoms with van der Waals surface area (Å²) in [6.45, 7) is 1.55. The monoisotopic (exact) mass is 364 g/mol. The SMILES string of the molecule is C[C@H](CO)NC(=O)c1oc2cnccc2c1Nc1ccc2c(c1)CCC2=N. The lowest BCUT2D eigenvalue weighted by molar-refractivity contribution is 0.0897. The molecule has 1 amide bonds. The number of rotatable bonds is 5. The first-order chi connectivity index (χ1) is 13.1. The first kappa shape index (κ1) is 17.2. The second-order valence-electron chi connectivity index (χ2n) is 6.71. The second-order valence-corrected chi connectivity index (χ2v) is 6.71. The topological polar surface area (TPSA) is 111 Å². The number of aliphatic hydroxyl groups excluding tert-OH is 1. The molecule has 7 heteroatoms. The Labute approximate surface area is 155 Å². The third-order valence-corrected chi connectivity index (χ3v) is 4.69. The molecule has 7 nitrogen and oxygen atoms in total. The average molecular weight is 364 g/mol. The lowest BCUT2D eigenvalue weighted by atomic mass is 10.1. The van der Waals surface area contributed by atoms with Crippen LogP contribution in [0.3, 0.4) is 0 Å². The van der Waals surface area contributed by atoms with Crippen LogP contribution < -0.4 is 10.6 Å². The van der Waals surface area contributed by atoms with Gasteiger partial charge >= 0.3 is 0 Å². The minimum Gasteiger partial charge on any atom is -0.447 e. The number of pyridine rings is 1. The number of amides is 1. The molecule has 4 N–H and O–H groups in total. The fourth-order valence-corrected chi connectivity index (χ4v) is 3.28. The number of hydrogen-bond donors (Lipinski definition) is 4. The van der Waals surface area contributed by atoms with Crippen molar-refractivity contribution in [1.82, 2.24) is 10.3 Å². The normalized spacial score (nSPS) is 14.2. The Kier molecular flexibility index (Phi) is 4.37. The summed E-state index contributed by atoms with van der Waals surface area (Å²) in [6.07, 6.45) is 4.81. The van der Waals surface area contributed by atoms with Crippen LogP contribution in [0.2, 0.25) is 0 Å². The molecule has 138 valence electrons. The molecule has 0 unspecified atom stereocenters. The number of furan rings is 1. The van der Waals surface area contributed by atoms with Crippen molar-refractivity contribution in [1.29, 1.82) is 5.41 Å². The van der Waals surface area contributed by atoms with E-state index in [9.17, 15) is 9.90 Å². The molecule has 0 bridgehead atoms. The largest absolute Gasteiger partial charge is 0.447 e. The van der Waals surface area contributed by atoms with Gasteiger partial charge in [0, 0.05) is 29.0 Å². The van der Waals surface area contributed by atoms with E-state index in [1.54, 1.807) is 25.4 Å². The van der Waals surface area contributed by atoms with Crippen LogP contribution in [0.15, 0.2) is 41.1 Å². The number of nitrogens with one attached hydrogen (secondary N) is 3. The molecule has 1 aromatic carbocycles. The summed E-state index contributed by atoms with van der Waals surface area (Å²) in [6, 6.07) is 7.25. The summed E-state index contributed by atoms with van der Waals surface area (Å²) in [5.74, 6) is -0.260. The maximum atomic E-state index is 12.6. The van der Waals surface area contributed by atoms with Gasteiger partial charge in [0.15, 0.2) is 5.58 Å². The number of benzene rings is 1. The van der Waals surface area contributed by atoms with E-state index >= 15 is 0 Å². The van der Waals surface area contributed by atoms with Crippen molar-refractivity contribution in [3.63, 3.8) is 0 Å². The molecule has 1 aliphatic rings. The Bertz CT molecular complexity index is 1040. The van der Waals surface area contributed by atoms with Gasteiger partial charge in [-0.1, -0.05) is 6.07 Å². The maximum absolute atomic E-state index is 12.6. The molecule has 0 spiro atoms.